The first-order valence-electron chi connectivity index (χ1n) is 7.43. The summed E-state index contributed by atoms with van der Waals surface area (Å²) in [6.45, 7) is 0. The van der Waals surface area contributed by atoms with Gasteiger partial charge in [0.1, 0.15) is 17.4 Å². The zero-order valence-electron chi connectivity index (χ0n) is 11.9. The van der Waals surface area contributed by atoms with Crippen LogP contribution in [0.2, 0.25) is 0 Å². The van der Waals surface area contributed by atoms with E-state index in [0.29, 0.717) is 11.7 Å². The maximum absolute atomic E-state index is 12.3. The topological polar surface area (TPSA) is 71.3 Å². The van der Waals surface area contributed by atoms with Gasteiger partial charge in [-0.2, -0.15) is 0 Å². The Morgan fingerprint density at radius 3 is 2.86 bits per heavy atom. The number of rotatable bonds is 4. The molecule has 1 aliphatic carbocycles. The van der Waals surface area contributed by atoms with Gasteiger partial charge in [-0.25, -0.2) is 0 Å². The molecule has 2 heterocycles. The lowest BCUT2D eigenvalue weighted by Crippen LogP contribution is -2.44. The fraction of sp³-hybridized carbons (Fsp3) is 0.375. The molecule has 2 atom stereocenters. The molecule has 4 rings (SSSR count). The second-order valence-corrected chi connectivity index (χ2v) is 6.80. The van der Waals surface area contributed by atoms with Crippen molar-refractivity contribution in [2.24, 2.45) is 5.92 Å². The number of fused-ring (bicyclic) bond motifs is 1. The summed E-state index contributed by atoms with van der Waals surface area (Å²) in [5, 5.41) is 6.65. The molecule has 6 heteroatoms. The molecule has 1 aliphatic heterocycles. The molecule has 114 valence electrons. The monoisotopic (exact) mass is 316 g/mol. The molecule has 22 heavy (non-hydrogen) atoms. The predicted octanol–water partition coefficient (Wildman–Crippen LogP) is 2.83. The summed E-state index contributed by atoms with van der Waals surface area (Å²) in [4.78, 5) is 23.6. The molecule has 2 aromatic rings. The number of carbonyl (C=O) groups excluding carboxylic acids is 2. The van der Waals surface area contributed by atoms with Gasteiger partial charge in [0.05, 0.1) is 6.04 Å². The molecular weight excluding hydrogens is 300 g/mol. The van der Waals surface area contributed by atoms with Crippen molar-refractivity contribution in [3.63, 3.8) is 0 Å². The van der Waals surface area contributed by atoms with Crippen LogP contribution in [0.25, 0.3) is 11.0 Å². The third-order valence-electron chi connectivity index (χ3n) is 4.13. The number of furan rings is 1. The van der Waals surface area contributed by atoms with Gasteiger partial charge in [0.25, 0.3) is 5.24 Å². The number of para-hydroxylation sites is 1. The Labute approximate surface area is 131 Å². The predicted molar refractivity (Wildman–Crippen MR) is 84.6 cm³/mol. The lowest BCUT2D eigenvalue weighted by Gasteiger charge is -2.18. The van der Waals surface area contributed by atoms with Gasteiger partial charge < -0.3 is 15.1 Å². The number of benzene rings is 1. The second-order valence-electron chi connectivity index (χ2n) is 5.81. The summed E-state index contributed by atoms with van der Waals surface area (Å²) < 4.78 is 5.91. The lowest BCUT2D eigenvalue weighted by molar-refractivity contribution is -0.123. The number of nitrogens with one attached hydrogen (secondary N) is 2. The highest BCUT2D eigenvalue weighted by Crippen LogP contribution is 2.42. The van der Waals surface area contributed by atoms with E-state index in [0.717, 1.165) is 41.3 Å². The van der Waals surface area contributed by atoms with Gasteiger partial charge >= 0.3 is 0 Å². The Balaban J connectivity index is 1.55. The van der Waals surface area contributed by atoms with E-state index in [4.69, 9.17) is 4.42 Å². The van der Waals surface area contributed by atoms with Gasteiger partial charge in [0.15, 0.2) is 0 Å². The highest BCUT2D eigenvalue weighted by atomic mass is 32.2. The molecule has 0 unspecified atom stereocenters. The largest absolute Gasteiger partial charge is 0.459 e. The zero-order valence-corrected chi connectivity index (χ0v) is 12.7. The Hall–Kier alpha value is -1.95. The number of thioether (sulfide) groups is 1. The van der Waals surface area contributed by atoms with E-state index in [1.165, 1.54) is 0 Å². The van der Waals surface area contributed by atoms with Crippen molar-refractivity contribution in [3.8, 4) is 0 Å². The van der Waals surface area contributed by atoms with Crippen molar-refractivity contribution >= 4 is 33.9 Å². The van der Waals surface area contributed by atoms with Crippen LogP contribution >= 0.6 is 11.8 Å². The van der Waals surface area contributed by atoms with Crippen molar-refractivity contribution in [1.82, 2.24) is 10.6 Å². The molecule has 1 aromatic heterocycles. The number of hydrogen-bond acceptors (Lipinski definition) is 4. The minimum atomic E-state index is -0.442. The standard InChI is InChI=1S/C16H16N2O3S/c19-15(11-8-22-16(20)17-11)18-14(9-5-6-9)13-7-10-3-1-2-4-12(10)21-13/h1-4,7,9,11,14H,5-6,8H2,(H,17,20)(H,18,19)/t11-,14-/m1/s1. The van der Waals surface area contributed by atoms with Crippen molar-refractivity contribution in [3.05, 3.63) is 36.1 Å². The second kappa shape index (κ2) is 5.35. The van der Waals surface area contributed by atoms with Gasteiger partial charge in [0.2, 0.25) is 5.91 Å². The van der Waals surface area contributed by atoms with E-state index in [1.807, 2.05) is 30.3 Å². The average molecular weight is 316 g/mol. The molecule has 2 N–H and O–H groups in total. The molecule has 0 spiro atoms. The van der Waals surface area contributed by atoms with E-state index >= 15 is 0 Å². The highest BCUT2D eigenvalue weighted by molar-refractivity contribution is 8.14. The Bertz CT molecular complexity index is 705. The lowest BCUT2D eigenvalue weighted by atomic mass is 10.1. The molecule has 2 fully saturated rings. The molecule has 1 saturated carbocycles. The van der Waals surface area contributed by atoms with E-state index in [-0.39, 0.29) is 17.2 Å². The molecule has 0 bridgehead atoms. The van der Waals surface area contributed by atoms with Gasteiger partial charge in [-0.3, -0.25) is 9.59 Å². The summed E-state index contributed by atoms with van der Waals surface area (Å²) in [7, 11) is 0. The van der Waals surface area contributed by atoms with E-state index in [9.17, 15) is 9.59 Å². The van der Waals surface area contributed by atoms with Gasteiger partial charge in [-0.15, -0.1) is 0 Å². The van der Waals surface area contributed by atoms with Crippen LogP contribution in [-0.4, -0.2) is 22.9 Å². The minimum Gasteiger partial charge on any atom is -0.459 e. The Kier molecular flexibility index (Phi) is 3.33. The Morgan fingerprint density at radius 1 is 1.36 bits per heavy atom. The molecule has 5 nitrogen and oxygen atoms in total. The summed E-state index contributed by atoms with van der Waals surface area (Å²) in [6.07, 6.45) is 2.18. The average Bonchev–Trinajstić information content (AvgIpc) is 3.11. The third-order valence-corrected chi connectivity index (χ3v) is 5.01. The quantitative estimate of drug-likeness (QED) is 0.910. The minimum absolute atomic E-state index is 0.109. The normalized spacial score (nSPS) is 22.5. The van der Waals surface area contributed by atoms with Crippen molar-refractivity contribution in [2.75, 3.05) is 5.75 Å². The first kappa shape index (κ1) is 13.7. The first-order chi connectivity index (χ1) is 10.7. The SMILES string of the molecule is O=C1N[C@@H](C(=O)N[C@@H](c2cc3ccccc3o2)C2CC2)CS1. The third kappa shape index (κ3) is 2.59. The summed E-state index contributed by atoms with van der Waals surface area (Å²) in [6, 6.07) is 9.29. The maximum Gasteiger partial charge on any atom is 0.279 e. The summed E-state index contributed by atoms with van der Waals surface area (Å²) in [5.41, 5.74) is 0.835. The molecular formula is C16H16N2O3S. The van der Waals surface area contributed by atoms with E-state index in [2.05, 4.69) is 10.6 Å². The van der Waals surface area contributed by atoms with Crippen molar-refractivity contribution in [1.29, 1.82) is 0 Å². The molecule has 1 aromatic carbocycles. The molecule has 2 aliphatic rings. The number of carbonyl (C=O) groups is 2. The number of hydrogen-bond donors (Lipinski definition) is 2. The zero-order chi connectivity index (χ0) is 15.1. The van der Waals surface area contributed by atoms with Crippen LogP contribution in [-0.2, 0) is 4.79 Å². The van der Waals surface area contributed by atoms with Crippen molar-refractivity contribution < 1.29 is 14.0 Å². The summed E-state index contributed by atoms with van der Waals surface area (Å²) >= 11 is 1.15. The van der Waals surface area contributed by atoms with Crippen LogP contribution in [0.4, 0.5) is 4.79 Å². The van der Waals surface area contributed by atoms with Crippen molar-refractivity contribution in [2.45, 2.75) is 24.9 Å². The fourth-order valence-electron chi connectivity index (χ4n) is 2.79. The highest BCUT2D eigenvalue weighted by Gasteiger charge is 2.38. The van der Waals surface area contributed by atoms with Crippen LogP contribution in [0.3, 0.4) is 0 Å². The molecule has 1 saturated heterocycles. The van der Waals surface area contributed by atoms with Gasteiger partial charge in [-0.05, 0) is 30.9 Å². The molecule has 0 radical (unpaired) electrons. The Morgan fingerprint density at radius 2 is 2.18 bits per heavy atom. The van der Waals surface area contributed by atoms with Crippen LogP contribution < -0.4 is 10.6 Å². The fourth-order valence-corrected chi connectivity index (χ4v) is 3.56. The van der Waals surface area contributed by atoms with Gasteiger partial charge in [-0.1, -0.05) is 30.0 Å². The van der Waals surface area contributed by atoms with Crippen LogP contribution in [0.5, 0.6) is 0 Å². The van der Waals surface area contributed by atoms with Gasteiger partial charge in [0, 0.05) is 11.1 Å². The smallest absolute Gasteiger partial charge is 0.279 e. The van der Waals surface area contributed by atoms with Crippen LogP contribution in [0.1, 0.15) is 24.6 Å². The maximum atomic E-state index is 12.3. The molecule has 2 amide bonds. The van der Waals surface area contributed by atoms with Crippen LogP contribution in [0, 0.1) is 5.92 Å². The van der Waals surface area contributed by atoms with E-state index < -0.39 is 6.04 Å². The van der Waals surface area contributed by atoms with Crippen LogP contribution in [0.15, 0.2) is 34.7 Å². The summed E-state index contributed by atoms with van der Waals surface area (Å²) in [5.74, 6) is 1.58. The number of amides is 2. The first-order valence-corrected chi connectivity index (χ1v) is 8.41. The van der Waals surface area contributed by atoms with E-state index in [1.54, 1.807) is 0 Å².